The molecule has 0 fully saturated rings. The van der Waals surface area contributed by atoms with Crippen molar-refractivity contribution in [2.24, 2.45) is 0 Å². The predicted molar refractivity (Wildman–Crippen MR) is 90.2 cm³/mol. The fourth-order valence-corrected chi connectivity index (χ4v) is 3.20. The second-order valence-electron chi connectivity index (χ2n) is 4.70. The number of nitro groups is 1. The van der Waals surface area contributed by atoms with E-state index in [1.54, 1.807) is 6.07 Å². The molecular weight excluding hydrogens is 400 g/mol. The van der Waals surface area contributed by atoms with Gasteiger partial charge < -0.3 is 5.32 Å². The summed E-state index contributed by atoms with van der Waals surface area (Å²) in [6, 6.07) is 13.1. The summed E-state index contributed by atoms with van der Waals surface area (Å²) in [5.74, 6) is 0. The molecule has 21 heavy (non-hydrogen) atoms. The Balaban J connectivity index is 2.09. The van der Waals surface area contributed by atoms with Crippen molar-refractivity contribution in [3.05, 3.63) is 72.7 Å². The normalized spacial score (nSPS) is 12.1. The van der Waals surface area contributed by atoms with Gasteiger partial charge in [0, 0.05) is 33.7 Å². The zero-order chi connectivity index (χ0) is 15.4. The van der Waals surface area contributed by atoms with Crippen LogP contribution in [0.15, 0.2) is 51.4 Å². The predicted octanol–water partition coefficient (Wildman–Crippen LogP) is 4.97. The van der Waals surface area contributed by atoms with Gasteiger partial charge in [0.05, 0.1) is 4.92 Å². The van der Waals surface area contributed by atoms with Gasteiger partial charge in [0.2, 0.25) is 0 Å². The molecule has 0 unspecified atom stereocenters. The van der Waals surface area contributed by atoms with Crippen molar-refractivity contribution in [1.82, 2.24) is 5.32 Å². The van der Waals surface area contributed by atoms with E-state index in [0.29, 0.717) is 11.0 Å². The number of hydrogen-bond acceptors (Lipinski definition) is 3. The van der Waals surface area contributed by atoms with Crippen LogP contribution in [-0.4, -0.2) is 4.92 Å². The average Bonchev–Trinajstić information content (AvgIpc) is 2.44. The Kier molecular flexibility index (Phi) is 5.50. The first kappa shape index (κ1) is 16.1. The minimum Gasteiger partial charge on any atom is -0.306 e. The van der Waals surface area contributed by atoms with Gasteiger partial charge in [0.1, 0.15) is 0 Å². The second-order valence-corrected chi connectivity index (χ2v) is 6.47. The summed E-state index contributed by atoms with van der Waals surface area (Å²) in [6.45, 7) is 2.62. The third-order valence-corrected chi connectivity index (χ3v) is 4.32. The van der Waals surface area contributed by atoms with Gasteiger partial charge in [-0.25, -0.2) is 0 Å². The van der Waals surface area contributed by atoms with E-state index in [4.69, 9.17) is 0 Å². The lowest BCUT2D eigenvalue weighted by Gasteiger charge is -2.16. The van der Waals surface area contributed by atoms with Gasteiger partial charge in [-0.15, -0.1) is 0 Å². The Morgan fingerprint density at radius 2 is 1.95 bits per heavy atom. The number of nitrogens with one attached hydrogen (secondary N) is 1. The minimum atomic E-state index is -0.383. The summed E-state index contributed by atoms with van der Waals surface area (Å²) in [4.78, 5) is 10.5. The smallest absolute Gasteiger partial charge is 0.270 e. The van der Waals surface area contributed by atoms with Crippen molar-refractivity contribution >= 4 is 37.5 Å². The Bertz CT molecular complexity index is 662. The van der Waals surface area contributed by atoms with E-state index in [9.17, 15) is 10.1 Å². The highest BCUT2D eigenvalue weighted by molar-refractivity contribution is 9.10. The molecule has 2 rings (SSSR count). The highest BCUT2D eigenvalue weighted by Crippen LogP contribution is 2.24. The fourth-order valence-electron chi connectivity index (χ4n) is 2.05. The number of halogens is 2. The molecule has 0 radical (unpaired) electrons. The van der Waals surface area contributed by atoms with Crippen LogP contribution in [0.4, 0.5) is 5.69 Å². The second kappa shape index (κ2) is 7.15. The first-order valence-corrected chi connectivity index (χ1v) is 7.97. The maximum absolute atomic E-state index is 10.9. The topological polar surface area (TPSA) is 55.2 Å². The molecule has 6 heteroatoms. The van der Waals surface area contributed by atoms with Gasteiger partial charge >= 0.3 is 0 Å². The lowest BCUT2D eigenvalue weighted by Crippen LogP contribution is -2.18. The standard InChI is InChI=1S/C15H14Br2N2O2/c1-10(14-4-2-3-5-15(14)17)18-9-11-6-12(16)8-13(7-11)19(20)21/h2-8,10,18H,9H2,1H3/t10-/m1/s1. The molecule has 0 aliphatic rings. The van der Waals surface area contributed by atoms with Gasteiger partial charge in [-0.05, 0) is 30.2 Å². The molecule has 1 N–H and O–H groups in total. The van der Waals surface area contributed by atoms with Crippen LogP contribution in [0, 0.1) is 10.1 Å². The maximum atomic E-state index is 10.9. The molecule has 0 spiro atoms. The van der Waals surface area contributed by atoms with Crippen LogP contribution in [0.25, 0.3) is 0 Å². The average molecular weight is 414 g/mol. The van der Waals surface area contributed by atoms with Crippen LogP contribution < -0.4 is 5.32 Å². The number of rotatable bonds is 5. The Hall–Kier alpha value is -1.24. The zero-order valence-electron chi connectivity index (χ0n) is 11.3. The zero-order valence-corrected chi connectivity index (χ0v) is 14.5. The van der Waals surface area contributed by atoms with E-state index in [0.717, 1.165) is 15.6 Å². The number of hydrogen-bond donors (Lipinski definition) is 1. The molecule has 0 bridgehead atoms. The van der Waals surface area contributed by atoms with E-state index in [-0.39, 0.29) is 16.7 Å². The van der Waals surface area contributed by atoms with E-state index in [1.807, 2.05) is 30.3 Å². The molecule has 0 amide bonds. The molecule has 0 saturated heterocycles. The SMILES string of the molecule is C[C@@H](NCc1cc(Br)cc([N+](=O)[O-])c1)c1ccccc1Br. The summed E-state index contributed by atoms with van der Waals surface area (Å²) in [5.41, 5.74) is 2.12. The van der Waals surface area contributed by atoms with Crippen LogP contribution in [0.1, 0.15) is 24.1 Å². The van der Waals surface area contributed by atoms with Crippen molar-refractivity contribution in [1.29, 1.82) is 0 Å². The fraction of sp³-hybridized carbons (Fsp3) is 0.200. The molecule has 0 saturated carbocycles. The quantitative estimate of drug-likeness (QED) is 0.556. The Labute approximate surface area is 140 Å². The lowest BCUT2D eigenvalue weighted by atomic mass is 10.1. The summed E-state index contributed by atoms with van der Waals surface area (Å²) in [5, 5.41) is 14.2. The highest BCUT2D eigenvalue weighted by Gasteiger charge is 2.11. The van der Waals surface area contributed by atoms with E-state index in [1.165, 1.54) is 6.07 Å². The number of non-ortho nitro benzene ring substituents is 1. The first-order chi connectivity index (χ1) is 9.97. The van der Waals surface area contributed by atoms with Crippen molar-refractivity contribution in [3.8, 4) is 0 Å². The molecule has 2 aromatic rings. The summed E-state index contributed by atoms with van der Waals surface area (Å²) >= 11 is 6.83. The molecule has 0 aliphatic heterocycles. The summed E-state index contributed by atoms with van der Waals surface area (Å²) < 4.78 is 1.76. The largest absolute Gasteiger partial charge is 0.306 e. The third kappa shape index (κ3) is 4.36. The lowest BCUT2D eigenvalue weighted by molar-refractivity contribution is -0.385. The van der Waals surface area contributed by atoms with Gasteiger partial charge in [-0.1, -0.05) is 50.1 Å². The Morgan fingerprint density at radius 3 is 2.62 bits per heavy atom. The molecule has 1 atom stereocenters. The maximum Gasteiger partial charge on any atom is 0.270 e. The van der Waals surface area contributed by atoms with Crippen molar-refractivity contribution < 1.29 is 4.92 Å². The summed E-state index contributed by atoms with van der Waals surface area (Å²) in [6.07, 6.45) is 0. The molecule has 0 aromatic heterocycles. The van der Waals surface area contributed by atoms with Gasteiger partial charge in [-0.3, -0.25) is 10.1 Å². The Morgan fingerprint density at radius 1 is 1.24 bits per heavy atom. The molecular formula is C15H14Br2N2O2. The third-order valence-electron chi connectivity index (χ3n) is 3.14. The van der Waals surface area contributed by atoms with Crippen molar-refractivity contribution in [2.75, 3.05) is 0 Å². The van der Waals surface area contributed by atoms with E-state index < -0.39 is 0 Å². The van der Waals surface area contributed by atoms with Crippen LogP contribution in [-0.2, 0) is 6.54 Å². The van der Waals surface area contributed by atoms with E-state index in [2.05, 4.69) is 44.1 Å². The molecule has 4 nitrogen and oxygen atoms in total. The number of nitro benzene ring substituents is 1. The van der Waals surface area contributed by atoms with Crippen LogP contribution in [0.2, 0.25) is 0 Å². The van der Waals surface area contributed by atoms with Crippen LogP contribution >= 0.6 is 31.9 Å². The van der Waals surface area contributed by atoms with Crippen molar-refractivity contribution in [3.63, 3.8) is 0 Å². The van der Waals surface area contributed by atoms with E-state index >= 15 is 0 Å². The monoisotopic (exact) mass is 412 g/mol. The van der Waals surface area contributed by atoms with Gasteiger partial charge in [-0.2, -0.15) is 0 Å². The highest BCUT2D eigenvalue weighted by atomic mass is 79.9. The van der Waals surface area contributed by atoms with Crippen molar-refractivity contribution in [2.45, 2.75) is 19.5 Å². The number of nitrogens with zero attached hydrogens (tertiary/aromatic N) is 1. The molecule has 2 aromatic carbocycles. The number of benzene rings is 2. The molecule has 110 valence electrons. The minimum absolute atomic E-state index is 0.0923. The summed E-state index contributed by atoms with van der Waals surface area (Å²) in [7, 11) is 0. The van der Waals surface area contributed by atoms with Crippen LogP contribution in [0.5, 0.6) is 0 Å². The first-order valence-electron chi connectivity index (χ1n) is 6.39. The van der Waals surface area contributed by atoms with Gasteiger partial charge in [0.15, 0.2) is 0 Å². The van der Waals surface area contributed by atoms with Crippen LogP contribution in [0.3, 0.4) is 0 Å². The van der Waals surface area contributed by atoms with Gasteiger partial charge in [0.25, 0.3) is 5.69 Å². The molecule has 0 aliphatic carbocycles. The molecule has 0 heterocycles.